The van der Waals surface area contributed by atoms with Gasteiger partial charge in [0.1, 0.15) is 5.82 Å². The number of halogens is 2. The molecule has 1 unspecified atom stereocenters. The van der Waals surface area contributed by atoms with Crippen LogP contribution in [0.4, 0.5) is 4.39 Å². The van der Waals surface area contributed by atoms with Crippen molar-refractivity contribution in [2.75, 3.05) is 45.9 Å². The molecule has 8 nitrogen and oxygen atoms in total. The Morgan fingerprint density at radius 3 is 2.34 bits per heavy atom. The fourth-order valence-corrected chi connectivity index (χ4v) is 6.05. The molecule has 2 aromatic carbocycles. The quantitative estimate of drug-likeness (QED) is 0.497. The van der Waals surface area contributed by atoms with Crippen molar-refractivity contribution in [3.8, 4) is 0 Å². The lowest BCUT2D eigenvalue weighted by molar-refractivity contribution is -0.134. The predicted octanol–water partition coefficient (Wildman–Crippen LogP) is 4.32. The standard InChI is InChI=1S/C23H26ClFN2O2S.C4H4O4/c24-17-2-4-21-19(14-17)20(13-16-1-3-18(25)15-22(16)30-21)27-9-7-26(8-10-27)6-5-23-28-11-12-29-23;5-3(6)1-2-4(7)8/h1-4,14-15,20,23H,5-13H2;1-2H,(H,5,6)(H,7,8). The zero-order chi connectivity index (χ0) is 27.1. The third-order valence-corrected chi connectivity index (χ3v) is 8.01. The molecule has 38 heavy (non-hydrogen) atoms. The van der Waals surface area contributed by atoms with Crippen molar-refractivity contribution < 1.29 is 33.7 Å². The van der Waals surface area contributed by atoms with Crippen molar-refractivity contribution in [3.05, 3.63) is 70.5 Å². The van der Waals surface area contributed by atoms with Gasteiger partial charge in [-0.25, -0.2) is 14.0 Å². The summed E-state index contributed by atoms with van der Waals surface area (Å²) in [6.45, 7) is 6.50. The molecule has 5 rings (SSSR count). The summed E-state index contributed by atoms with van der Waals surface area (Å²) in [7, 11) is 0. The van der Waals surface area contributed by atoms with E-state index in [1.165, 1.54) is 16.0 Å². The molecule has 11 heteroatoms. The van der Waals surface area contributed by atoms with E-state index in [4.69, 9.17) is 31.3 Å². The molecule has 0 aromatic heterocycles. The van der Waals surface area contributed by atoms with Crippen LogP contribution in [0.5, 0.6) is 0 Å². The van der Waals surface area contributed by atoms with E-state index in [0.717, 1.165) is 55.5 Å². The fraction of sp³-hybridized carbons (Fsp3) is 0.407. The molecule has 204 valence electrons. The molecule has 3 aliphatic heterocycles. The van der Waals surface area contributed by atoms with Gasteiger partial charge in [0.2, 0.25) is 0 Å². The highest BCUT2D eigenvalue weighted by Crippen LogP contribution is 2.44. The number of carbonyl (C=O) groups is 2. The van der Waals surface area contributed by atoms with Gasteiger partial charge >= 0.3 is 11.9 Å². The van der Waals surface area contributed by atoms with Gasteiger partial charge < -0.3 is 24.6 Å². The highest BCUT2D eigenvalue weighted by Gasteiger charge is 2.30. The van der Waals surface area contributed by atoms with Crippen molar-refractivity contribution in [3.63, 3.8) is 0 Å². The molecular formula is C27H30ClFN2O6S. The second kappa shape index (κ2) is 13.5. The Balaban J connectivity index is 0.000000368. The first-order valence-corrected chi connectivity index (χ1v) is 13.6. The number of carboxylic acids is 2. The van der Waals surface area contributed by atoms with E-state index in [2.05, 4.69) is 21.9 Å². The topological polar surface area (TPSA) is 99.5 Å². The average Bonchev–Trinajstić information content (AvgIpc) is 3.36. The van der Waals surface area contributed by atoms with Crippen LogP contribution >= 0.6 is 23.4 Å². The van der Waals surface area contributed by atoms with Crippen LogP contribution in [0, 0.1) is 5.82 Å². The molecule has 0 amide bonds. The highest BCUT2D eigenvalue weighted by atomic mass is 35.5. The normalized spacial score (nSPS) is 20.3. The summed E-state index contributed by atoms with van der Waals surface area (Å²) in [5, 5.41) is 16.4. The summed E-state index contributed by atoms with van der Waals surface area (Å²) in [6.07, 6.45) is 2.88. The van der Waals surface area contributed by atoms with Crippen LogP contribution < -0.4 is 0 Å². The predicted molar refractivity (Wildman–Crippen MR) is 141 cm³/mol. The number of rotatable bonds is 6. The highest BCUT2D eigenvalue weighted by molar-refractivity contribution is 7.99. The number of hydrogen-bond acceptors (Lipinski definition) is 7. The lowest BCUT2D eigenvalue weighted by atomic mass is 9.96. The lowest BCUT2D eigenvalue weighted by Crippen LogP contribution is -2.48. The maximum atomic E-state index is 13.9. The Morgan fingerprint density at radius 2 is 1.68 bits per heavy atom. The molecule has 2 fully saturated rings. The summed E-state index contributed by atoms with van der Waals surface area (Å²) in [4.78, 5) is 26.3. The second-order valence-electron chi connectivity index (χ2n) is 9.10. The number of aliphatic carboxylic acids is 2. The molecule has 3 heterocycles. The van der Waals surface area contributed by atoms with Gasteiger partial charge in [-0.05, 0) is 47.9 Å². The molecule has 2 aromatic rings. The maximum Gasteiger partial charge on any atom is 0.328 e. The maximum absolute atomic E-state index is 13.9. The minimum Gasteiger partial charge on any atom is -0.478 e. The van der Waals surface area contributed by atoms with Gasteiger partial charge in [-0.1, -0.05) is 29.4 Å². The van der Waals surface area contributed by atoms with Gasteiger partial charge in [0, 0.05) is 72.2 Å². The van der Waals surface area contributed by atoms with Crippen molar-refractivity contribution >= 4 is 35.3 Å². The zero-order valence-electron chi connectivity index (χ0n) is 20.7. The number of benzene rings is 2. The molecule has 0 radical (unpaired) electrons. The van der Waals surface area contributed by atoms with Crippen LogP contribution in [-0.4, -0.2) is 84.2 Å². The van der Waals surface area contributed by atoms with Crippen molar-refractivity contribution in [1.29, 1.82) is 0 Å². The summed E-state index contributed by atoms with van der Waals surface area (Å²) in [5.41, 5.74) is 2.46. The largest absolute Gasteiger partial charge is 0.478 e. The molecule has 1 atom stereocenters. The lowest BCUT2D eigenvalue weighted by Gasteiger charge is -2.40. The molecular weight excluding hydrogens is 535 g/mol. The first-order valence-electron chi connectivity index (χ1n) is 12.4. The monoisotopic (exact) mass is 564 g/mol. The smallest absolute Gasteiger partial charge is 0.328 e. The Morgan fingerprint density at radius 1 is 1.00 bits per heavy atom. The Kier molecular flexibility index (Phi) is 10.2. The van der Waals surface area contributed by atoms with E-state index in [0.29, 0.717) is 25.4 Å². The van der Waals surface area contributed by atoms with Crippen molar-refractivity contribution in [2.24, 2.45) is 0 Å². The van der Waals surface area contributed by atoms with E-state index in [1.807, 2.05) is 12.1 Å². The van der Waals surface area contributed by atoms with Gasteiger partial charge in [0.25, 0.3) is 0 Å². The third-order valence-electron chi connectivity index (χ3n) is 6.58. The molecule has 0 aliphatic carbocycles. The number of nitrogens with zero attached hydrogens (tertiary/aromatic N) is 2. The number of carboxylic acid groups (broad SMARTS) is 2. The number of ether oxygens (including phenoxy) is 2. The van der Waals surface area contributed by atoms with Gasteiger partial charge in [-0.2, -0.15) is 0 Å². The average molecular weight is 565 g/mol. The van der Waals surface area contributed by atoms with E-state index in [1.54, 1.807) is 23.9 Å². The van der Waals surface area contributed by atoms with Crippen LogP contribution in [0.1, 0.15) is 23.6 Å². The molecule has 2 saturated heterocycles. The minimum absolute atomic E-state index is 0.0344. The SMILES string of the molecule is Fc1ccc2c(c1)Sc1ccc(Cl)cc1C(N1CCN(CCC3OCCO3)CC1)C2.O=C(O)C=CC(=O)O. The van der Waals surface area contributed by atoms with Gasteiger partial charge in [-0.15, -0.1) is 0 Å². The first kappa shape index (κ1) is 28.5. The number of fused-ring (bicyclic) bond motifs is 2. The van der Waals surface area contributed by atoms with Crippen LogP contribution in [-0.2, 0) is 25.5 Å². The van der Waals surface area contributed by atoms with Crippen LogP contribution in [0.15, 0.2) is 58.3 Å². The molecule has 0 spiro atoms. The zero-order valence-corrected chi connectivity index (χ0v) is 22.3. The van der Waals surface area contributed by atoms with Crippen LogP contribution in [0.3, 0.4) is 0 Å². The summed E-state index contributed by atoms with van der Waals surface area (Å²) >= 11 is 8.03. The summed E-state index contributed by atoms with van der Waals surface area (Å²) in [6, 6.07) is 11.5. The summed E-state index contributed by atoms with van der Waals surface area (Å²) in [5.74, 6) is -2.70. The van der Waals surface area contributed by atoms with Crippen LogP contribution in [0.2, 0.25) is 5.02 Å². The van der Waals surface area contributed by atoms with E-state index in [-0.39, 0.29) is 18.1 Å². The Labute approximate surface area is 230 Å². The van der Waals surface area contributed by atoms with Gasteiger partial charge in [0.15, 0.2) is 6.29 Å². The molecule has 0 bridgehead atoms. The van der Waals surface area contributed by atoms with Gasteiger partial charge in [0.05, 0.1) is 13.2 Å². The first-order chi connectivity index (χ1) is 18.3. The number of piperazine rings is 1. The van der Waals surface area contributed by atoms with E-state index < -0.39 is 11.9 Å². The van der Waals surface area contributed by atoms with Crippen molar-refractivity contribution in [1.82, 2.24) is 9.80 Å². The van der Waals surface area contributed by atoms with Gasteiger partial charge in [-0.3, -0.25) is 4.90 Å². The van der Waals surface area contributed by atoms with Crippen LogP contribution in [0.25, 0.3) is 0 Å². The third kappa shape index (κ3) is 8.02. The summed E-state index contributed by atoms with van der Waals surface area (Å²) < 4.78 is 25.0. The number of hydrogen-bond donors (Lipinski definition) is 2. The second-order valence-corrected chi connectivity index (χ2v) is 10.6. The van der Waals surface area contributed by atoms with E-state index in [9.17, 15) is 14.0 Å². The van der Waals surface area contributed by atoms with Crippen molar-refractivity contribution in [2.45, 2.75) is 35.0 Å². The van der Waals surface area contributed by atoms with E-state index >= 15 is 0 Å². The molecule has 2 N–H and O–H groups in total. The Hall–Kier alpha value is -2.47. The minimum atomic E-state index is -1.26. The fourth-order valence-electron chi connectivity index (χ4n) is 4.73. The molecule has 0 saturated carbocycles. The molecule has 3 aliphatic rings. The Bertz CT molecular complexity index is 1150.